The van der Waals surface area contributed by atoms with Crippen LogP contribution in [-0.4, -0.2) is 16.2 Å². The largest absolute Gasteiger partial charge is 0.393 e. The average Bonchev–Trinajstić information content (AvgIpc) is 2.35. The molecule has 0 aromatic carbocycles. The molecule has 2 nitrogen and oxygen atoms in total. The van der Waals surface area contributed by atoms with E-state index >= 15 is 0 Å². The topological polar surface area (TPSA) is 33.1 Å². The predicted octanol–water partition coefficient (Wildman–Crippen LogP) is 2.01. The molecule has 0 aliphatic carbocycles. The van der Waals surface area contributed by atoms with Gasteiger partial charge in [-0.2, -0.15) is 0 Å². The van der Waals surface area contributed by atoms with Gasteiger partial charge in [0.2, 0.25) is 0 Å². The Morgan fingerprint density at radius 2 is 2.25 bits per heavy atom. The van der Waals surface area contributed by atoms with Crippen LogP contribution in [0, 0.1) is 12.8 Å². The van der Waals surface area contributed by atoms with Gasteiger partial charge in [0, 0.05) is 17.5 Å². The van der Waals surface area contributed by atoms with E-state index in [-0.39, 0.29) is 6.10 Å². The van der Waals surface area contributed by atoms with Gasteiger partial charge < -0.3 is 5.11 Å². The molecule has 0 spiro atoms. The molecule has 0 fully saturated rings. The van der Waals surface area contributed by atoms with Gasteiger partial charge in [0.25, 0.3) is 0 Å². The van der Waals surface area contributed by atoms with Gasteiger partial charge in [-0.1, -0.05) is 6.92 Å². The lowest BCUT2D eigenvalue weighted by Crippen LogP contribution is -2.15. The summed E-state index contributed by atoms with van der Waals surface area (Å²) in [6.45, 7) is 5.92. The number of thiazole rings is 1. The van der Waals surface area contributed by atoms with Crippen LogP contribution in [0.2, 0.25) is 0 Å². The Morgan fingerprint density at radius 3 is 2.67 bits per heavy atom. The molecule has 0 radical (unpaired) electrons. The first-order valence-corrected chi connectivity index (χ1v) is 5.00. The van der Waals surface area contributed by atoms with Gasteiger partial charge in [-0.25, -0.2) is 4.98 Å². The fraction of sp³-hybridized carbons (Fsp3) is 0.667. The molecule has 12 heavy (non-hydrogen) atoms. The van der Waals surface area contributed by atoms with Crippen LogP contribution >= 0.6 is 11.3 Å². The van der Waals surface area contributed by atoms with Crippen LogP contribution < -0.4 is 0 Å². The Labute approximate surface area is 77.3 Å². The van der Waals surface area contributed by atoms with Crippen LogP contribution in [0.25, 0.3) is 0 Å². The third-order valence-corrected chi connectivity index (χ3v) is 2.92. The molecule has 1 aromatic rings. The maximum atomic E-state index is 9.27. The third kappa shape index (κ3) is 2.57. The molecule has 0 saturated carbocycles. The Kier molecular flexibility index (Phi) is 3.23. The Hall–Kier alpha value is -0.410. The smallest absolute Gasteiger partial charge is 0.0931 e. The van der Waals surface area contributed by atoms with E-state index in [0.29, 0.717) is 5.92 Å². The van der Waals surface area contributed by atoms with Gasteiger partial charge in [0.1, 0.15) is 0 Å². The van der Waals surface area contributed by atoms with Crippen LogP contribution in [0.5, 0.6) is 0 Å². The summed E-state index contributed by atoms with van der Waals surface area (Å²) >= 11 is 1.71. The van der Waals surface area contributed by atoms with E-state index < -0.39 is 0 Å². The van der Waals surface area contributed by atoms with Crippen molar-refractivity contribution in [3.05, 3.63) is 16.1 Å². The molecule has 68 valence electrons. The Balaban J connectivity index is 2.52. The van der Waals surface area contributed by atoms with Gasteiger partial charge in [-0.05, 0) is 19.8 Å². The first kappa shape index (κ1) is 9.68. The summed E-state index contributed by atoms with van der Waals surface area (Å²) in [6, 6.07) is 0. The molecule has 0 aliphatic heterocycles. The highest BCUT2D eigenvalue weighted by molar-refractivity contribution is 7.11. The van der Waals surface area contributed by atoms with Crippen molar-refractivity contribution in [2.45, 2.75) is 33.3 Å². The normalized spacial score (nSPS) is 16.0. The van der Waals surface area contributed by atoms with Gasteiger partial charge in [0.05, 0.1) is 11.1 Å². The van der Waals surface area contributed by atoms with Crippen molar-refractivity contribution < 1.29 is 5.11 Å². The predicted molar refractivity (Wildman–Crippen MR) is 51.4 cm³/mol. The molecule has 0 amide bonds. The highest BCUT2D eigenvalue weighted by atomic mass is 32.1. The number of aliphatic hydroxyl groups excluding tert-OH is 1. The van der Waals surface area contributed by atoms with Gasteiger partial charge in [0.15, 0.2) is 0 Å². The van der Waals surface area contributed by atoms with Crippen molar-refractivity contribution in [2.75, 3.05) is 0 Å². The van der Waals surface area contributed by atoms with Crippen molar-refractivity contribution in [2.24, 2.45) is 5.92 Å². The van der Waals surface area contributed by atoms with Crippen LogP contribution in [0.4, 0.5) is 0 Å². The van der Waals surface area contributed by atoms with E-state index in [2.05, 4.69) is 4.98 Å². The molecule has 0 bridgehead atoms. The van der Waals surface area contributed by atoms with Crippen LogP contribution in [0.15, 0.2) is 6.20 Å². The molecule has 0 aliphatic rings. The molecule has 1 heterocycles. The van der Waals surface area contributed by atoms with E-state index in [4.69, 9.17) is 0 Å². The fourth-order valence-electron chi connectivity index (χ4n) is 0.942. The number of hydrogen-bond acceptors (Lipinski definition) is 3. The summed E-state index contributed by atoms with van der Waals surface area (Å²) in [4.78, 5) is 5.48. The summed E-state index contributed by atoms with van der Waals surface area (Å²) in [6.07, 6.45) is 2.53. The lowest BCUT2D eigenvalue weighted by molar-refractivity contribution is 0.135. The lowest BCUT2D eigenvalue weighted by Gasteiger charge is -2.11. The number of rotatable bonds is 3. The molecule has 3 heteroatoms. The van der Waals surface area contributed by atoms with E-state index in [9.17, 15) is 5.11 Å². The summed E-state index contributed by atoms with van der Waals surface area (Å²) in [5, 5.41) is 10.4. The van der Waals surface area contributed by atoms with E-state index in [0.717, 1.165) is 11.4 Å². The molecule has 2 unspecified atom stereocenters. The second-order valence-electron chi connectivity index (χ2n) is 3.29. The fourth-order valence-corrected chi connectivity index (χ4v) is 1.87. The third-order valence-electron chi connectivity index (χ3n) is 1.99. The summed E-state index contributed by atoms with van der Waals surface area (Å²) in [7, 11) is 0. The van der Waals surface area contributed by atoms with Gasteiger partial charge in [-0.15, -0.1) is 11.3 Å². The van der Waals surface area contributed by atoms with Crippen molar-refractivity contribution in [1.29, 1.82) is 0 Å². The Bertz CT molecular complexity index is 244. The first-order chi connectivity index (χ1) is 5.59. The minimum absolute atomic E-state index is 0.241. The van der Waals surface area contributed by atoms with Crippen molar-refractivity contribution in [1.82, 2.24) is 4.98 Å². The van der Waals surface area contributed by atoms with Crippen LogP contribution in [-0.2, 0) is 6.42 Å². The number of aliphatic hydroxyl groups is 1. The molecule has 2 atom stereocenters. The zero-order valence-corrected chi connectivity index (χ0v) is 8.56. The van der Waals surface area contributed by atoms with Crippen LogP contribution in [0.1, 0.15) is 23.7 Å². The lowest BCUT2D eigenvalue weighted by atomic mass is 10.0. The Morgan fingerprint density at radius 1 is 1.58 bits per heavy atom. The number of aromatic nitrogens is 1. The SMILES string of the molecule is Cc1cnc(CC(C)C(C)O)s1. The zero-order chi connectivity index (χ0) is 9.14. The van der Waals surface area contributed by atoms with Crippen LogP contribution in [0.3, 0.4) is 0 Å². The maximum Gasteiger partial charge on any atom is 0.0931 e. The number of nitrogens with zero attached hydrogens (tertiary/aromatic N) is 1. The minimum atomic E-state index is -0.241. The van der Waals surface area contributed by atoms with Gasteiger partial charge in [-0.3, -0.25) is 0 Å². The summed E-state index contributed by atoms with van der Waals surface area (Å²) < 4.78 is 0. The molecule has 1 rings (SSSR count). The second kappa shape index (κ2) is 4.01. The molecule has 0 saturated heterocycles. The van der Waals surface area contributed by atoms with Gasteiger partial charge >= 0.3 is 0 Å². The minimum Gasteiger partial charge on any atom is -0.393 e. The highest BCUT2D eigenvalue weighted by Gasteiger charge is 2.11. The molecule has 1 N–H and O–H groups in total. The molecular formula is C9H15NOS. The monoisotopic (exact) mass is 185 g/mol. The molecule has 1 aromatic heterocycles. The van der Waals surface area contributed by atoms with Crippen molar-refractivity contribution >= 4 is 11.3 Å². The van der Waals surface area contributed by atoms with E-state index in [1.807, 2.05) is 27.0 Å². The highest BCUT2D eigenvalue weighted by Crippen LogP contribution is 2.17. The number of aryl methyl sites for hydroxylation is 1. The quantitative estimate of drug-likeness (QED) is 0.781. The summed E-state index contributed by atoms with van der Waals surface area (Å²) in [5.41, 5.74) is 0. The average molecular weight is 185 g/mol. The van der Waals surface area contributed by atoms with Crippen molar-refractivity contribution in [3.63, 3.8) is 0 Å². The standard InChI is InChI=1S/C9H15NOS/c1-6(8(3)11)4-9-10-5-7(2)12-9/h5-6,8,11H,4H2,1-3H3. The molecular weight excluding hydrogens is 170 g/mol. The van der Waals surface area contributed by atoms with E-state index in [1.165, 1.54) is 4.88 Å². The number of hydrogen-bond donors (Lipinski definition) is 1. The van der Waals surface area contributed by atoms with Crippen molar-refractivity contribution in [3.8, 4) is 0 Å². The first-order valence-electron chi connectivity index (χ1n) is 4.19. The maximum absolute atomic E-state index is 9.27. The van der Waals surface area contributed by atoms with E-state index in [1.54, 1.807) is 11.3 Å². The zero-order valence-electron chi connectivity index (χ0n) is 7.74. The summed E-state index contributed by atoms with van der Waals surface area (Å²) in [5.74, 6) is 0.301. The second-order valence-corrected chi connectivity index (χ2v) is 4.61.